The molecule has 0 bridgehead atoms. The molecule has 0 unspecified atom stereocenters. The van der Waals surface area contributed by atoms with Gasteiger partial charge < -0.3 is 15.2 Å². The molecule has 0 heterocycles. The molecule has 0 aliphatic rings. The Kier molecular flexibility index (Phi) is 6.63. The fraction of sp³-hybridized carbons (Fsp3) is 0.462. The Bertz CT molecular complexity index is 541. The van der Waals surface area contributed by atoms with Gasteiger partial charge in [-0.25, -0.2) is 8.42 Å². The van der Waals surface area contributed by atoms with E-state index in [0.717, 1.165) is 0 Å². The highest BCUT2D eigenvalue weighted by atomic mass is 32.2. The maximum Gasteiger partial charge on any atom is 0.252 e. The average Bonchev–Trinajstić information content (AvgIpc) is 2.47. The third-order valence-corrected chi connectivity index (χ3v) is 4.40. The van der Waals surface area contributed by atoms with Crippen molar-refractivity contribution in [3.63, 3.8) is 0 Å². The quantitative estimate of drug-likeness (QED) is 0.670. The number of rotatable bonds is 8. The summed E-state index contributed by atoms with van der Waals surface area (Å²) in [5.41, 5.74) is 0.136. The summed E-state index contributed by atoms with van der Waals surface area (Å²) in [6.45, 7) is 2.17. The SMILES string of the molecule is CCS(=O)(=O)c1ccccc1C(=O)NCCOCCO. The minimum atomic E-state index is -3.44. The monoisotopic (exact) mass is 301 g/mol. The van der Waals surface area contributed by atoms with Crippen LogP contribution < -0.4 is 5.32 Å². The number of aliphatic hydroxyl groups is 1. The van der Waals surface area contributed by atoms with E-state index in [1.165, 1.54) is 19.1 Å². The van der Waals surface area contributed by atoms with Crippen LogP contribution in [0.3, 0.4) is 0 Å². The third kappa shape index (κ3) is 4.59. The lowest BCUT2D eigenvalue weighted by atomic mass is 10.2. The Morgan fingerprint density at radius 3 is 2.65 bits per heavy atom. The molecule has 0 atom stereocenters. The molecule has 112 valence electrons. The molecule has 0 aliphatic carbocycles. The molecule has 0 spiro atoms. The first-order valence-corrected chi connectivity index (χ1v) is 7.96. The summed E-state index contributed by atoms with van der Waals surface area (Å²) in [5, 5.41) is 11.1. The molecule has 0 aromatic heterocycles. The van der Waals surface area contributed by atoms with E-state index in [9.17, 15) is 13.2 Å². The van der Waals surface area contributed by atoms with Gasteiger partial charge in [0, 0.05) is 6.54 Å². The van der Waals surface area contributed by atoms with E-state index >= 15 is 0 Å². The Labute approximate surface area is 118 Å². The molecule has 7 heteroatoms. The van der Waals surface area contributed by atoms with Crippen molar-refractivity contribution in [1.29, 1.82) is 0 Å². The molecular weight excluding hydrogens is 282 g/mol. The second-order valence-corrected chi connectivity index (χ2v) is 6.24. The standard InChI is InChI=1S/C13H19NO5S/c1-2-20(17,18)12-6-4-3-5-11(12)13(16)14-7-9-19-10-8-15/h3-6,15H,2,7-10H2,1H3,(H,14,16). The van der Waals surface area contributed by atoms with Crippen molar-refractivity contribution in [2.24, 2.45) is 0 Å². The second-order valence-electron chi connectivity index (χ2n) is 3.99. The zero-order valence-electron chi connectivity index (χ0n) is 11.3. The van der Waals surface area contributed by atoms with Crippen LogP contribution in [-0.2, 0) is 14.6 Å². The number of hydrogen-bond acceptors (Lipinski definition) is 5. The largest absolute Gasteiger partial charge is 0.394 e. The number of carbonyl (C=O) groups excluding carboxylic acids is 1. The summed E-state index contributed by atoms with van der Waals surface area (Å²) in [7, 11) is -3.44. The van der Waals surface area contributed by atoms with E-state index in [0.29, 0.717) is 0 Å². The van der Waals surface area contributed by atoms with E-state index in [1.54, 1.807) is 12.1 Å². The van der Waals surface area contributed by atoms with Crippen molar-refractivity contribution in [3.05, 3.63) is 29.8 Å². The lowest BCUT2D eigenvalue weighted by molar-refractivity contribution is 0.0836. The van der Waals surface area contributed by atoms with Crippen LogP contribution in [0.2, 0.25) is 0 Å². The van der Waals surface area contributed by atoms with Gasteiger partial charge in [-0.2, -0.15) is 0 Å². The molecule has 0 fully saturated rings. The average molecular weight is 301 g/mol. The zero-order chi connectivity index (χ0) is 15.0. The fourth-order valence-electron chi connectivity index (χ4n) is 1.58. The molecule has 0 aliphatic heterocycles. The molecule has 2 N–H and O–H groups in total. The number of hydrogen-bond donors (Lipinski definition) is 2. The Morgan fingerprint density at radius 2 is 2.00 bits per heavy atom. The number of benzene rings is 1. The number of ether oxygens (including phenoxy) is 1. The van der Waals surface area contributed by atoms with Gasteiger partial charge in [0.05, 0.1) is 36.0 Å². The van der Waals surface area contributed by atoms with Crippen LogP contribution in [0.4, 0.5) is 0 Å². The summed E-state index contributed by atoms with van der Waals surface area (Å²) in [6, 6.07) is 6.11. The van der Waals surface area contributed by atoms with Crippen molar-refractivity contribution in [3.8, 4) is 0 Å². The van der Waals surface area contributed by atoms with E-state index in [4.69, 9.17) is 9.84 Å². The second kappa shape index (κ2) is 7.98. The Balaban J connectivity index is 2.74. The van der Waals surface area contributed by atoms with Gasteiger partial charge in [0.2, 0.25) is 0 Å². The van der Waals surface area contributed by atoms with Gasteiger partial charge in [-0.3, -0.25) is 4.79 Å². The van der Waals surface area contributed by atoms with Gasteiger partial charge in [-0.1, -0.05) is 19.1 Å². The van der Waals surface area contributed by atoms with Crippen molar-refractivity contribution in [2.75, 3.05) is 32.1 Å². The third-order valence-electron chi connectivity index (χ3n) is 2.61. The van der Waals surface area contributed by atoms with Gasteiger partial charge in [-0.15, -0.1) is 0 Å². The smallest absolute Gasteiger partial charge is 0.252 e. The van der Waals surface area contributed by atoms with Crippen LogP contribution in [-0.4, -0.2) is 51.5 Å². The predicted octanol–water partition coefficient (Wildman–Crippen LogP) is 0.219. The maximum absolute atomic E-state index is 12.0. The van der Waals surface area contributed by atoms with Gasteiger partial charge in [0.25, 0.3) is 5.91 Å². The minimum absolute atomic E-state index is 0.0382. The van der Waals surface area contributed by atoms with E-state index < -0.39 is 15.7 Å². The predicted molar refractivity (Wildman–Crippen MR) is 74.4 cm³/mol. The zero-order valence-corrected chi connectivity index (χ0v) is 12.1. The Hall–Kier alpha value is -1.44. The van der Waals surface area contributed by atoms with Crippen LogP contribution in [0.1, 0.15) is 17.3 Å². The van der Waals surface area contributed by atoms with Crippen molar-refractivity contribution in [1.82, 2.24) is 5.32 Å². The lowest BCUT2D eigenvalue weighted by Gasteiger charge is -2.10. The molecule has 1 rings (SSSR count). The molecule has 1 aromatic carbocycles. The summed E-state index contributed by atoms with van der Waals surface area (Å²) in [6.07, 6.45) is 0. The van der Waals surface area contributed by atoms with E-state index in [2.05, 4.69) is 5.32 Å². The highest BCUT2D eigenvalue weighted by Gasteiger charge is 2.20. The van der Waals surface area contributed by atoms with Crippen LogP contribution in [0.15, 0.2) is 29.2 Å². The fourth-order valence-corrected chi connectivity index (χ4v) is 2.67. The first kappa shape index (κ1) is 16.6. The summed E-state index contributed by atoms with van der Waals surface area (Å²) >= 11 is 0. The number of aliphatic hydroxyl groups excluding tert-OH is 1. The van der Waals surface area contributed by atoms with Crippen LogP contribution in [0.5, 0.6) is 0 Å². The first-order valence-electron chi connectivity index (χ1n) is 6.31. The first-order chi connectivity index (χ1) is 9.53. The van der Waals surface area contributed by atoms with Crippen LogP contribution in [0, 0.1) is 0 Å². The lowest BCUT2D eigenvalue weighted by Crippen LogP contribution is -2.29. The minimum Gasteiger partial charge on any atom is -0.394 e. The number of nitrogens with one attached hydrogen (secondary N) is 1. The number of amides is 1. The molecule has 6 nitrogen and oxygen atoms in total. The van der Waals surface area contributed by atoms with Crippen LogP contribution >= 0.6 is 0 Å². The van der Waals surface area contributed by atoms with E-state index in [-0.39, 0.29) is 42.6 Å². The highest BCUT2D eigenvalue weighted by Crippen LogP contribution is 2.16. The highest BCUT2D eigenvalue weighted by molar-refractivity contribution is 7.91. The molecular formula is C13H19NO5S. The Morgan fingerprint density at radius 1 is 1.30 bits per heavy atom. The molecule has 0 saturated carbocycles. The number of carbonyl (C=O) groups is 1. The van der Waals surface area contributed by atoms with Crippen molar-refractivity contribution >= 4 is 15.7 Å². The van der Waals surface area contributed by atoms with Crippen molar-refractivity contribution in [2.45, 2.75) is 11.8 Å². The van der Waals surface area contributed by atoms with Crippen molar-refractivity contribution < 1.29 is 23.1 Å². The van der Waals surface area contributed by atoms with Gasteiger partial charge in [-0.05, 0) is 12.1 Å². The topological polar surface area (TPSA) is 92.7 Å². The van der Waals surface area contributed by atoms with E-state index in [1.807, 2.05) is 0 Å². The normalized spacial score (nSPS) is 11.3. The van der Waals surface area contributed by atoms with Gasteiger partial charge >= 0.3 is 0 Å². The molecule has 20 heavy (non-hydrogen) atoms. The summed E-state index contributed by atoms with van der Waals surface area (Å²) in [5.74, 6) is -0.512. The summed E-state index contributed by atoms with van der Waals surface area (Å²) < 4.78 is 28.8. The van der Waals surface area contributed by atoms with Gasteiger partial charge in [0.1, 0.15) is 0 Å². The van der Waals surface area contributed by atoms with Gasteiger partial charge in [0.15, 0.2) is 9.84 Å². The molecule has 1 amide bonds. The number of sulfone groups is 1. The maximum atomic E-state index is 12.0. The molecule has 0 saturated heterocycles. The van der Waals surface area contributed by atoms with Crippen LogP contribution in [0.25, 0.3) is 0 Å². The molecule has 0 radical (unpaired) electrons. The molecule has 1 aromatic rings. The summed E-state index contributed by atoms with van der Waals surface area (Å²) in [4.78, 5) is 12.0.